The first kappa shape index (κ1) is 56.7. The molecule has 0 amide bonds. The molecule has 0 N–H and O–H groups in total. The lowest BCUT2D eigenvalue weighted by Crippen LogP contribution is -3.00. The number of nitrogens with zero attached hydrogens (tertiary/aromatic N) is 16. The summed E-state index contributed by atoms with van der Waals surface area (Å²) >= 11 is 0. The molecule has 20 heteroatoms. The van der Waals surface area contributed by atoms with Crippen LogP contribution in [-0.4, -0.2) is 85.6 Å². The van der Waals surface area contributed by atoms with Gasteiger partial charge in [0.15, 0.2) is 0 Å². The highest BCUT2D eigenvalue weighted by Gasteiger charge is 2.22. The highest BCUT2D eigenvalue weighted by atomic mass is 35.5. The van der Waals surface area contributed by atoms with E-state index >= 15 is 0 Å². The predicted molar refractivity (Wildman–Crippen MR) is 246 cm³/mol. The Bertz CT molecular complexity index is 2110. The average molecular weight is 985 g/mol. The summed E-state index contributed by atoms with van der Waals surface area (Å²) in [6.45, 7) is 6.17. The van der Waals surface area contributed by atoms with Crippen LogP contribution in [0.2, 0.25) is 0 Å². The van der Waals surface area contributed by atoms with Gasteiger partial charge in [-0.15, -0.1) is 0 Å². The first-order valence-electron chi connectivity index (χ1n) is 21.3. The van der Waals surface area contributed by atoms with Crippen LogP contribution in [0.5, 0.6) is 0 Å². The van der Waals surface area contributed by atoms with E-state index in [1.165, 1.54) is 17.1 Å². The minimum absolute atomic E-state index is 0. The largest absolute Gasteiger partial charge is 1.00 e. The molecule has 0 aliphatic heterocycles. The quantitative estimate of drug-likeness (QED) is 0.0415. The molecule has 6 aromatic rings. The zero-order chi connectivity index (χ0) is 44.2. The van der Waals surface area contributed by atoms with Gasteiger partial charge in [-0.1, -0.05) is 15.3 Å². The fourth-order valence-corrected chi connectivity index (χ4v) is 7.59. The minimum atomic E-state index is 0. The van der Waals surface area contributed by atoms with Gasteiger partial charge in [0.2, 0.25) is 0 Å². The van der Waals surface area contributed by atoms with E-state index in [2.05, 4.69) is 110 Å². The van der Waals surface area contributed by atoms with Gasteiger partial charge >= 0.3 is 17.8 Å². The number of azo groups is 3. The molecule has 3 aromatic carbocycles. The molecule has 0 aliphatic rings. The lowest BCUT2D eigenvalue weighted by molar-refractivity contribution is -0.909. The third-order valence-corrected chi connectivity index (χ3v) is 11.6. The summed E-state index contributed by atoms with van der Waals surface area (Å²) in [4.78, 5) is 7.03. The molecule has 0 spiro atoms. The molecule has 3 heterocycles. The second-order valence-corrected chi connectivity index (χ2v) is 16.7. The van der Waals surface area contributed by atoms with Crippen LogP contribution < -0.4 is 78.0 Å². The van der Waals surface area contributed by atoms with Crippen LogP contribution in [0.15, 0.2) is 141 Å². The Morgan fingerprint density at radius 1 is 0.424 bits per heavy atom. The molecule has 0 fully saturated rings. The Kier molecular flexibility index (Phi) is 22.9. The molecule has 0 radical (unpaired) electrons. The molecular formula is C46H66Cl4N16. The highest BCUT2D eigenvalue weighted by Crippen LogP contribution is 2.24. The van der Waals surface area contributed by atoms with Crippen molar-refractivity contribution in [2.45, 2.75) is 19.3 Å². The lowest BCUT2D eigenvalue weighted by atomic mass is 10.2. The fraction of sp³-hybridized carbons (Fsp3) is 0.413. The Morgan fingerprint density at radius 2 is 0.667 bits per heavy atom. The number of benzene rings is 3. The van der Waals surface area contributed by atoms with E-state index in [9.17, 15) is 0 Å². The fourth-order valence-electron chi connectivity index (χ4n) is 7.59. The molecule has 358 valence electrons. The molecule has 66 heavy (non-hydrogen) atoms. The minimum Gasteiger partial charge on any atom is -1.00 e. The van der Waals surface area contributed by atoms with Crippen molar-refractivity contribution in [3.63, 3.8) is 0 Å². The standard InChI is InChI=1S/C46H66N16.4ClH/c1-53(41-20-14-38(15-21-41)47-50-44-56(4)29-30-57(44)5)26-11-35-62(10,36-12-27-54(2)42-22-16-39(17-23-42)48-51-45-58(6)31-32-59(45)7)37-13-28-55(3)43-24-18-40(19-25-43)49-52-46-60(8)33-34-61(46)9;;;;/h14-25,29-34H,11-13,26-28,35-37H2,1-10H3;4*1H/q+4;;;;/p-4. The number of aromatic nitrogens is 6. The summed E-state index contributed by atoms with van der Waals surface area (Å²) in [7, 11) is 20.8. The normalized spacial score (nSPS) is 11.4. The van der Waals surface area contributed by atoms with Crippen molar-refractivity contribution in [1.82, 2.24) is 13.7 Å². The van der Waals surface area contributed by atoms with Crippen molar-refractivity contribution in [2.24, 2.45) is 73.0 Å². The van der Waals surface area contributed by atoms with Crippen molar-refractivity contribution in [1.29, 1.82) is 0 Å². The third-order valence-electron chi connectivity index (χ3n) is 11.6. The van der Waals surface area contributed by atoms with Crippen LogP contribution in [0.4, 0.5) is 52.0 Å². The summed E-state index contributed by atoms with van der Waals surface area (Å²) in [5, 5.41) is 26.8. The second kappa shape index (κ2) is 26.7. The number of imidazole rings is 3. The van der Waals surface area contributed by atoms with Crippen LogP contribution in [0, 0.1) is 0 Å². The molecule has 0 unspecified atom stereocenters. The Morgan fingerprint density at radius 3 is 0.879 bits per heavy atom. The maximum absolute atomic E-state index is 4.47. The maximum atomic E-state index is 4.47. The van der Waals surface area contributed by atoms with Gasteiger partial charge in [-0.25, -0.2) is 27.4 Å². The molecule has 0 atom stereocenters. The summed E-state index contributed by atoms with van der Waals surface area (Å²) in [6, 6.07) is 25.0. The Balaban J connectivity index is 0.00000374. The van der Waals surface area contributed by atoms with E-state index < -0.39 is 0 Å². The molecule has 0 saturated heterocycles. The van der Waals surface area contributed by atoms with Gasteiger partial charge in [-0.05, 0) is 72.8 Å². The monoisotopic (exact) mass is 982 g/mol. The predicted octanol–water partition coefficient (Wildman–Crippen LogP) is -4.24. The number of hydrogen-bond acceptors (Lipinski definition) is 9. The van der Waals surface area contributed by atoms with E-state index in [4.69, 9.17) is 0 Å². The van der Waals surface area contributed by atoms with E-state index in [0.717, 1.165) is 97.9 Å². The summed E-state index contributed by atoms with van der Waals surface area (Å²) in [5.74, 6) is 2.38. The number of hydrogen-bond donors (Lipinski definition) is 0. The van der Waals surface area contributed by atoms with E-state index in [0.29, 0.717) is 0 Å². The summed E-state index contributed by atoms with van der Waals surface area (Å²) in [6.07, 6.45) is 15.1. The van der Waals surface area contributed by atoms with Crippen molar-refractivity contribution in [2.75, 3.05) is 82.2 Å². The maximum Gasteiger partial charge on any atom is 0.421 e. The van der Waals surface area contributed by atoms with Gasteiger partial charge in [0, 0.05) is 92.4 Å². The van der Waals surface area contributed by atoms with Crippen molar-refractivity contribution >= 4 is 52.0 Å². The molecule has 0 aliphatic carbocycles. The Labute approximate surface area is 415 Å². The number of quaternary nitrogens is 1. The van der Waals surface area contributed by atoms with Crippen molar-refractivity contribution < 1.29 is 67.8 Å². The topological polar surface area (TPSA) is 110 Å². The number of rotatable bonds is 21. The Hall–Kier alpha value is -5.39. The van der Waals surface area contributed by atoms with Gasteiger partial charge in [-0.3, -0.25) is 0 Å². The zero-order valence-electron chi connectivity index (χ0n) is 39.9. The van der Waals surface area contributed by atoms with Crippen LogP contribution in [-0.2, 0) is 42.3 Å². The molecule has 3 aromatic heterocycles. The van der Waals surface area contributed by atoms with Crippen LogP contribution in [0.25, 0.3) is 0 Å². The molecule has 0 saturated carbocycles. The zero-order valence-corrected chi connectivity index (χ0v) is 42.9. The molecular weight excluding hydrogens is 918 g/mol. The average Bonchev–Trinajstić information content (AvgIpc) is 3.90. The first-order chi connectivity index (χ1) is 29.8. The SMILES string of the molecule is CN(CCC[N+](C)(CCCN(C)c1ccc(/N=N/c2n(C)cc[n+]2C)cc1)CCCN(C)c1ccc(/N=N/c2n(C)cc[n+]2C)cc1)c1ccc(/N=N/c2n(C)cc[n+]2C)cc1.[Cl-].[Cl-].[Cl-].[Cl-]. The van der Waals surface area contributed by atoms with Crippen molar-refractivity contribution in [3.8, 4) is 0 Å². The molecule has 0 bridgehead atoms. The number of aryl methyl sites for hydroxylation is 6. The third kappa shape index (κ3) is 15.6. The smallest absolute Gasteiger partial charge is 0.421 e. The van der Waals surface area contributed by atoms with Crippen LogP contribution in [0.3, 0.4) is 0 Å². The van der Waals surface area contributed by atoms with Gasteiger partial charge in [0.05, 0.1) is 106 Å². The summed E-state index contributed by atoms with van der Waals surface area (Å²) < 4.78 is 12.7. The van der Waals surface area contributed by atoms with E-state index in [1.54, 1.807) is 0 Å². The van der Waals surface area contributed by atoms with Gasteiger partial charge in [0.25, 0.3) is 0 Å². The number of halogens is 4. The number of anilines is 3. The van der Waals surface area contributed by atoms with Gasteiger partial charge in [0.1, 0.15) is 17.1 Å². The van der Waals surface area contributed by atoms with E-state index in [1.807, 2.05) is 143 Å². The summed E-state index contributed by atoms with van der Waals surface area (Å²) in [5.41, 5.74) is 6.02. The highest BCUT2D eigenvalue weighted by molar-refractivity contribution is 5.54. The van der Waals surface area contributed by atoms with Crippen LogP contribution in [0.1, 0.15) is 19.3 Å². The molecule has 6 rings (SSSR count). The molecule has 16 nitrogen and oxygen atoms in total. The lowest BCUT2D eigenvalue weighted by Gasteiger charge is -2.36. The van der Waals surface area contributed by atoms with Gasteiger partial charge in [-0.2, -0.15) is 0 Å². The first-order valence-corrected chi connectivity index (χ1v) is 21.3. The van der Waals surface area contributed by atoms with Crippen LogP contribution >= 0.6 is 0 Å². The van der Waals surface area contributed by atoms with E-state index in [-0.39, 0.29) is 49.6 Å². The second-order valence-electron chi connectivity index (χ2n) is 16.7. The van der Waals surface area contributed by atoms with Crippen molar-refractivity contribution in [3.05, 3.63) is 110 Å². The van der Waals surface area contributed by atoms with Gasteiger partial charge < -0.3 is 68.8 Å².